The molecular formula is C8H15N5O2. The Balaban J connectivity index is 2.50. The molecule has 0 radical (unpaired) electrons. The molecule has 0 bridgehead atoms. The summed E-state index contributed by atoms with van der Waals surface area (Å²) >= 11 is 0. The van der Waals surface area contributed by atoms with Crippen LogP contribution in [0.25, 0.3) is 0 Å². The molecule has 1 amide bonds. The van der Waals surface area contributed by atoms with Gasteiger partial charge < -0.3 is 16.2 Å². The Kier molecular flexibility index (Phi) is 4.19. The number of carbonyl (C=O) groups is 1. The van der Waals surface area contributed by atoms with Gasteiger partial charge in [0.1, 0.15) is 0 Å². The number of nitrogens with zero attached hydrogens (tertiary/aromatic N) is 3. The Morgan fingerprint density at radius 1 is 1.80 bits per heavy atom. The van der Waals surface area contributed by atoms with Crippen LogP contribution in [0.4, 0.5) is 0 Å². The number of rotatable bonds is 5. The van der Waals surface area contributed by atoms with Crippen molar-refractivity contribution in [2.75, 3.05) is 13.1 Å². The molecular weight excluding hydrogens is 198 g/mol. The lowest BCUT2D eigenvalue weighted by Gasteiger charge is -2.04. The number of aromatic nitrogens is 3. The fourth-order valence-corrected chi connectivity index (χ4v) is 0.975. The van der Waals surface area contributed by atoms with E-state index in [-0.39, 0.29) is 18.1 Å². The van der Waals surface area contributed by atoms with Gasteiger partial charge in [0.25, 0.3) is 5.91 Å². The minimum Gasteiger partial charge on any atom is -0.392 e. The molecule has 7 nitrogen and oxygen atoms in total. The van der Waals surface area contributed by atoms with Gasteiger partial charge in [0.15, 0.2) is 5.69 Å². The van der Waals surface area contributed by atoms with Gasteiger partial charge in [-0.05, 0) is 6.92 Å². The van der Waals surface area contributed by atoms with Crippen molar-refractivity contribution >= 4 is 5.91 Å². The molecule has 0 aliphatic rings. The van der Waals surface area contributed by atoms with Gasteiger partial charge in [-0.1, -0.05) is 5.21 Å². The van der Waals surface area contributed by atoms with E-state index in [9.17, 15) is 4.79 Å². The molecule has 0 aliphatic heterocycles. The quantitative estimate of drug-likeness (QED) is 0.543. The maximum atomic E-state index is 11.4. The Hall–Kier alpha value is -1.47. The van der Waals surface area contributed by atoms with Crippen molar-refractivity contribution in [3.63, 3.8) is 0 Å². The zero-order valence-corrected chi connectivity index (χ0v) is 8.55. The molecule has 1 aromatic heterocycles. The van der Waals surface area contributed by atoms with Gasteiger partial charge in [0, 0.05) is 13.1 Å². The first kappa shape index (κ1) is 11.6. The third-order valence-corrected chi connectivity index (χ3v) is 1.69. The van der Waals surface area contributed by atoms with Crippen LogP contribution in [0.5, 0.6) is 0 Å². The van der Waals surface area contributed by atoms with Crippen LogP contribution >= 0.6 is 0 Å². The van der Waals surface area contributed by atoms with Crippen LogP contribution in [0, 0.1) is 0 Å². The van der Waals surface area contributed by atoms with E-state index in [0.29, 0.717) is 13.1 Å². The molecule has 1 rings (SSSR count). The SMILES string of the molecule is C[C@@H](O)CNC(=O)c1cn(CCN)nn1. The first-order valence-electron chi connectivity index (χ1n) is 4.70. The van der Waals surface area contributed by atoms with Crippen LogP contribution in [0.1, 0.15) is 17.4 Å². The Morgan fingerprint density at radius 2 is 2.53 bits per heavy atom. The van der Waals surface area contributed by atoms with Gasteiger partial charge in [0.05, 0.1) is 18.8 Å². The van der Waals surface area contributed by atoms with Crippen molar-refractivity contribution in [2.24, 2.45) is 5.73 Å². The van der Waals surface area contributed by atoms with Crippen LogP contribution < -0.4 is 11.1 Å². The highest BCUT2D eigenvalue weighted by Crippen LogP contribution is 1.92. The second-order valence-corrected chi connectivity index (χ2v) is 3.21. The van der Waals surface area contributed by atoms with Crippen LogP contribution in [-0.2, 0) is 6.54 Å². The number of amides is 1. The minimum absolute atomic E-state index is 0.197. The lowest BCUT2D eigenvalue weighted by molar-refractivity contribution is 0.0919. The largest absolute Gasteiger partial charge is 0.392 e. The van der Waals surface area contributed by atoms with E-state index >= 15 is 0 Å². The number of carbonyl (C=O) groups excluding carboxylic acids is 1. The van der Waals surface area contributed by atoms with Crippen molar-refractivity contribution in [1.82, 2.24) is 20.3 Å². The fourth-order valence-electron chi connectivity index (χ4n) is 0.975. The molecule has 0 unspecified atom stereocenters. The summed E-state index contributed by atoms with van der Waals surface area (Å²) in [6.45, 7) is 2.75. The monoisotopic (exact) mass is 213 g/mol. The molecule has 7 heteroatoms. The number of nitrogens with one attached hydrogen (secondary N) is 1. The van der Waals surface area contributed by atoms with Gasteiger partial charge >= 0.3 is 0 Å². The van der Waals surface area contributed by atoms with Gasteiger partial charge in [-0.25, -0.2) is 0 Å². The molecule has 0 fully saturated rings. The maximum absolute atomic E-state index is 11.4. The topological polar surface area (TPSA) is 106 Å². The first-order valence-corrected chi connectivity index (χ1v) is 4.70. The molecule has 1 aromatic rings. The van der Waals surface area contributed by atoms with Crippen molar-refractivity contribution < 1.29 is 9.90 Å². The number of aliphatic hydroxyl groups excluding tert-OH is 1. The summed E-state index contributed by atoms with van der Waals surface area (Å²) in [4.78, 5) is 11.4. The molecule has 0 aromatic carbocycles. The highest BCUT2D eigenvalue weighted by atomic mass is 16.3. The zero-order chi connectivity index (χ0) is 11.3. The average molecular weight is 213 g/mol. The van der Waals surface area contributed by atoms with E-state index < -0.39 is 6.10 Å². The van der Waals surface area contributed by atoms with Crippen LogP contribution in [0.15, 0.2) is 6.20 Å². The lowest BCUT2D eigenvalue weighted by Crippen LogP contribution is -2.30. The van der Waals surface area contributed by atoms with E-state index in [0.717, 1.165) is 0 Å². The first-order chi connectivity index (χ1) is 7.13. The molecule has 1 heterocycles. The second-order valence-electron chi connectivity index (χ2n) is 3.21. The normalized spacial score (nSPS) is 12.5. The zero-order valence-electron chi connectivity index (χ0n) is 8.55. The third kappa shape index (κ3) is 3.64. The smallest absolute Gasteiger partial charge is 0.273 e. The number of hydrogen-bond acceptors (Lipinski definition) is 5. The minimum atomic E-state index is -0.576. The summed E-state index contributed by atoms with van der Waals surface area (Å²) in [5.41, 5.74) is 5.55. The van der Waals surface area contributed by atoms with Gasteiger partial charge in [-0.2, -0.15) is 0 Å². The lowest BCUT2D eigenvalue weighted by atomic mass is 10.4. The molecule has 15 heavy (non-hydrogen) atoms. The number of aliphatic hydroxyl groups is 1. The van der Waals surface area contributed by atoms with E-state index in [4.69, 9.17) is 10.8 Å². The summed E-state index contributed by atoms with van der Waals surface area (Å²) in [6, 6.07) is 0. The maximum Gasteiger partial charge on any atom is 0.273 e. The Labute approximate surface area is 87.3 Å². The number of hydrogen-bond donors (Lipinski definition) is 3. The summed E-state index contributed by atoms with van der Waals surface area (Å²) in [5, 5.41) is 18.9. The predicted molar refractivity (Wildman–Crippen MR) is 53.1 cm³/mol. The van der Waals surface area contributed by atoms with E-state index in [1.807, 2.05) is 0 Å². The van der Waals surface area contributed by atoms with Crippen LogP contribution in [0.2, 0.25) is 0 Å². The highest BCUT2D eigenvalue weighted by molar-refractivity contribution is 5.91. The highest BCUT2D eigenvalue weighted by Gasteiger charge is 2.10. The predicted octanol–water partition coefficient (Wildman–Crippen LogP) is -1.65. The standard InChI is InChI=1S/C8H15N5O2/c1-6(14)4-10-8(15)7-5-13(3-2-9)12-11-7/h5-6,14H,2-4,9H2,1H3,(H,10,15)/t6-/m1/s1. The molecule has 0 spiro atoms. The molecule has 0 saturated heterocycles. The summed E-state index contributed by atoms with van der Waals surface area (Å²) < 4.78 is 1.50. The van der Waals surface area contributed by atoms with Crippen molar-refractivity contribution in [2.45, 2.75) is 19.6 Å². The molecule has 0 saturated carbocycles. The van der Waals surface area contributed by atoms with Crippen LogP contribution in [-0.4, -0.2) is 45.2 Å². The molecule has 4 N–H and O–H groups in total. The Morgan fingerprint density at radius 3 is 3.13 bits per heavy atom. The summed E-state index contributed by atoms with van der Waals surface area (Å²) in [6.07, 6.45) is 0.942. The van der Waals surface area contributed by atoms with Crippen molar-refractivity contribution in [3.05, 3.63) is 11.9 Å². The second kappa shape index (κ2) is 5.42. The molecule has 1 atom stereocenters. The van der Waals surface area contributed by atoms with Crippen molar-refractivity contribution in [1.29, 1.82) is 0 Å². The summed E-state index contributed by atoms with van der Waals surface area (Å²) in [7, 11) is 0. The fraction of sp³-hybridized carbons (Fsp3) is 0.625. The number of nitrogens with two attached hydrogens (primary N) is 1. The van der Waals surface area contributed by atoms with Gasteiger partial charge in [-0.3, -0.25) is 9.48 Å². The van der Waals surface area contributed by atoms with Gasteiger partial charge in [-0.15, -0.1) is 5.10 Å². The van der Waals surface area contributed by atoms with E-state index in [2.05, 4.69) is 15.6 Å². The Bertz CT molecular complexity index is 323. The molecule has 84 valence electrons. The third-order valence-electron chi connectivity index (χ3n) is 1.69. The molecule has 0 aliphatic carbocycles. The average Bonchev–Trinajstić information content (AvgIpc) is 2.63. The van der Waals surface area contributed by atoms with E-state index in [1.165, 1.54) is 10.9 Å². The van der Waals surface area contributed by atoms with Gasteiger partial charge in [0.2, 0.25) is 0 Å². The van der Waals surface area contributed by atoms with Crippen molar-refractivity contribution in [3.8, 4) is 0 Å². The summed E-state index contributed by atoms with van der Waals surface area (Å²) in [5.74, 6) is -0.348. The van der Waals surface area contributed by atoms with Crippen LogP contribution in [0.3, 0.4) is 0 Å². The van der Waals surface area contributed by atoms with E-state index in [1.54, 1.807) is 6.92 Å².